The number of rotatable bonds is 6. The number of nitrogens with two attached hydrogens (primary N) is 1. The molecule has 0 aromatic heterocycles. The Balaban J connectivity index is 2.34. The molecule has 0 aromatic carbocycles. The van der Waals surface area contributed by atoms with Crippen LogP contribution in [-0.4, -0.2) is 35.7 Å². The number of amidine groups is 1. The molecule has 1 aliphatic rings. The van der Waals surface area contributed by atoms with Crippen LogP contribution in [0.1, 0.15) is 39.0 Å². The Morgan fingerprint density at radius 1 is 1.65 bits per heavy atom. The number of amides is 1. The molecule has 0 aliphatic heterocycles. The van der Waals surface area contributed by atoms with Crippen LogP contribution in [0.15, 0.2) is 5.16 Å². The molecule has 0 aromatic rings. The highest BCUT2D eigenvalue weighted by atomic mass is 16.5. The standard InChI is InChI=1S/C11H21N3O3/c1-8(6-9(12)14-16)13-10(15)7-11(17-2)4-3-5-11/h8,16H,3-7H2,1-2H3,(H2,12,14)(H,13,15). The topological polar surface area (TPSA) is 96.9 Å². The molecule has 0 spiro atoms. The summed E-state index contributed by atoms with van der Waals surface area (Å²) >= 11 is 0. The maximum absolute atomic E-state index is 11.8. The third-order valence-electron chi connectivity index (χ3n) is 3.23. The summed E-state index contributed by atoms with van der Waals surface area (Å²) in [5.41, 5.74) is 5.10. The molecule has 98 valence electrons. The second kappa shape index (κ2) is 5.86. The van der Waals surface area contributed by atoms with Crippen LogP contribution in [0.3, 0.4) is 0 Å². The SMILES string of the molecule is COC1(CC(=O)NC(C)CC(N)=NO)CCC1. The maximum Gasteiger partial charge on any atom is 0.223 e. The minimum Gasteiger partial charge on any atom is -0.409 e. The fraction of sp³-hybridized carbons (Fsp3) is 0.818. The molecule has 0 saturated heterocycles. The van der Waals surface area contributed by atoms with Gasteiger partial charge in [-0.1, -0.05) is 5.16 Å². The maximum atomic E-state index is 11.8. The minimum absolute atomic E-state index is 0.0511. The van der Waals surface area contributed by atoms with Gasteiger partial charge in [-0.05, 0) is 26.2 Å². The zero-order valence-electron chi connectivity index (χ0n) is 10.4. The quantitative estimate of drug-likeness (QED) is 0.275. The highest BCUT2D eigenvalue weighted by Gasteiger charge is 2.39. The number of hydrogen-bond donors (Lipinski definition) is 3. The van der Waals surface area contributed by atoms with Crippen LogP contribution in [0.25, 0.3) is 0 Å². The van der Waals surface area contributed by atoms with Gasteiger partial charge in [0.05, 0.1) is 12.0 Å². The molecule has 1 amide bonds. The summed E-state index contributed by atoms with van der Waals surface area (Å²) in [6.07, 6.45) is 3.70. The van der Waals surface area contributed by atoms with E-state index in [1.165, 1.54) is 0 Å². The molecule has 6 heteroatoms. The van der Waals surface area contributed by atoms with Crippen LogP contribution < -0.4 is 11.1 Å². The van der Waals surface area contributed by atoms with Gasteiger partial charge in [-0.25, -0.2) is 0 Å². The number of carbonyl (C=O) groups is 1. The van der Waals surface area contributed by atoms with Crippen LogP contribution in [0.4, 0.5) is 0 Å². The summed E-state index contributed by atoms with van der Waals surface area (Å²) in [6.45, 7) is 1.82. The van der Waals surface area contributed by atoms with Gasteiger partial charge in [0.2, 0.25) is 5.91 Å². The predicted octanol–water partition coefficient (Wildman–Crippen LogP) is 0.587. The van der Waals surface area contributed by atoms with Crippen molar-refractivity contribution >= 4 is 11.7 Å². The number of nitrogens with one attached hydrogen (secondary N) is 1. The first-order valence-corrected chi connectivity index (χ1v) is 5.82. The Morgan fingerprint density at radius 2 is 2.29 bits per heavy atom. The average molecular weight is 243 g/mol. The van der Waals surface area contributed by atoms with E-state index < -0.39 is 0 Å². The first-order valence-electron chi connectivity index (χ1n) is 5.82. The van der Waals surface area contributed by atoms with Gasteiger partial charge in [0.1, 0.15) is 5.84 Å². The first-order chi connectivity index (χ1) is 8.01. The molecule has 1 aliphatic carbocycles. The van der Waals surface area contributed by atoms with Gasteiger partial charge < -0.3 is 21.0 Å². The minimum atomic E-state index is -0.263. The van der Waals surface area contributed by atoms with Gasteiger partial charge >= 0.3 is 0 Å². The first kappa shape index (κ1) is 13.8. The van der Waals surface area contributed by atoms with E-state index in [-0.39, 0.29) is 23.4 Å². The second-order valence-corrected chi connectivity index (χ2v) is 4.68. The fourth-order valence-corrected chi connectivity index (χ4v) is 2.05. The second-order valence-electron chi connectivity index (χ2n) is 4.68. The summed E-state index contributed by atoms with van der Waals surface area (Å²) in [5, 5.41) is 14.1. The molecule has 17 heavy (non-hydrogen) atoms. The summed E-state index contributed by atoms with van der Waals surface area (Å²) in [7, 11) is 1.65. The van der Waals surface area contributed by atoms with Crippen molar-refractivity contribution in [2.24, 2.45) is 10.9 Å². The Hall–Kier alpha value is -1.30. The lowest BCUT2D eigenvalue weighted by Crippen LogP contribution is -2.46. The van der Waals surface area contributed by atoms with E-state index in [1.807, 2.05) is 6.92 Å². The van der Waals surface area contributed by atoms with Crippen LogP contribution in [0.5, 0.6) is 0 Å². The summed E-state index contributed by atoms with van der Waals surface area (Å²) < 4.78 is 5.38. The van der Waals surface area contributed by atoms with Gasteiger partial charge in [0.15, 0.2) is 0 Å². The van der Waals surface area contributed by atoms with E-state index >= 15 is 0 Å². The molecule has 0 heterocycles. The van der Waals surface area contributed by atoms with Crippen LogP contribution >= 0.6 is 0 Å². The van der Waals surface area contributed by atoms with Crippen LogP contribution in [0.2, 0.25) is 0 Å². The van der Waals surface area contributed by atoms with Crippen LogP contribution in [0, 0.1) is 0 Å². The van der Waals surface area contributed by atoms with Crippen molar-refractivity contribution in [3.63, 3.8) is 0 Å². The van der Waals surface area contributed by atoms with E-state index in [9.17, 15) is 4.79 Å². The smallest absolute Gasteiger partial charge is 0.223 e. The number of oxime groups is 1. The van der Waals surface area contributed by atoms with Gasteiger partial charge in [0.25, 0.3) is 0 Å². The largest absolute Gasteiger partial charge is 0.409 e. The van der Waals surface area contributed by atoms with E-state index in [1.54, 1.807) is 7.11 Å². The summed E-state index contributed by atoms with van der Waals surface area (Å²) in [4.78, 5) is 11.8. The van der Waals surface area contributed by atoms with Gasteiger partial charge in [-0.15, -0.1) is 0 Å². The van der Waals surface area contributed by atoms with Crippen molar-refractivity contribution in [2.75, 3.05) is 7.11 Å². The highest BCUT2D eigenvalue weighted by Crippen LogP contribution is 2.37. The Labute approximate surface area is 101 Å². The molecular weight excluding hydrogens is 222 g/mol. The molecule has 1 atom stereocenters. The number of methoxy groups -OCH3 is 1. The lowest BCUT2D eigenvalue weighted by Gasteiger charge is -2.40. The molecule has 4 N–H and O–H groups in total. The molecule has 1 saturated carbocycles. The number of ether oxygens (including phenoxy) is 1. The highest BCUT2D eigenvalue weighted by molar-refractivity contribution is 5.82. The lowest BCUT2D eigenvalue weighted by atomic mass is 9.77. The fourth-order valence-electron chi connectivity index (χ4n) is 2.05. The summed E-state index contributed by atoms with van der Waals surface area (Å²) in [6, 6.07) is -0.146. The molecule has 1 fully saturated rings. The van der Waals surface area contributed by atoms with Gasteiger partial charge in [-0.2, -0.15) is 0 Å². The molecule has 0 radical (unpaired) electrons. The van der Waals surface area contributed by atoms with E-state index in [0.29, 0.717) is 12.8 Å². The normalized spacial score (nSPS) is 20.5. The average Bonchev–Trinajstić information content (AvgIpc) is 2.23. The molecule has 1 rings (SSSR count). The Bertz CT molecular complexity index is 295. The van der Waals surface area contributed by atoms with E-state index in [2.05, 4.69) is 10.5 Å². The summed E-state index contributed by atoms with van der Waals surface area (Å²) in [5.74, 6) is 0.0627. The molecule has 1 unspecified atom stereocenters. The molecule has 0 bridgehead atoms. The van der Waals surface area contributed by atoms with Crippen molar-refractivity contribution in [1.82, 2.24) is 5.32 Å². The van der Waals surface area contributed by atoms with E-state index in [4.69, 9.17) is 15.7 Å². The predicted molar refractivity (Wildman–Crippen MR) is 63.8 cm³/mol. The third-order valence-corrected chi connectivity index (χ3v) is 3.23. The third kappa shape index (κ3) is 3.89. The number of nitrogens with zero attached hydrogens (tertiary/aromatic N) is 1. The number of hydrogen-bond acceptors (Lipinski definition) is 4. The lowest BCUT2D eigenvalue weighted by molar-refractivity contribution is -0.134. The molecule has 6 nitrogen and oxygen atoms in total. The van der Waals surface area contributed by atoms with Crippen molar-refractivity contribution in [3.05, 3.63) is 0 Å². The number of carbonyl (C=O) groups excluding carboxylic acids is 1. The van der Waals surface area contributed by atoms with Gasteiger partial charge in [-0.3, -0.25) is 4.79 Å². The zero-order chi connectivity index (χ0) is 12.9. The van der Waals surface area contributed by atoms with Gasteiger partial charge in [0, 0.05) is 19.6 Å². The zero-order valence-corrected chi connectivity index (χ0v) is 10.4. The van der Waals surface area contributed by atoms with Crippen molar-refractivity contribution in [2.45, 2.75) is 50.7 Å². The molecular formula is C11H21N3O3. The van der Waals surface area contributed by atoms with Crippen molar-refractivity contribution in [3.8, 4) is 0 Å². The van der Waals surface area contributed by atoms with Crippen molar-refractivity contribution in [1.29, 1.82) is 0 Å². The Morgan fingerprint density at radius 3 is 2.71 bits per heavy atom. The monoisotopic (exact) mass is 243 g/mol. The Kier molecular flexibility index (Phi) is 4.74. The van der Waals surface area contributed by atoms with Crippen LogP contribution in [-0.2, 0) is 9.53 Å². The van der Waals surface area contributed by atoms with E-state index in [0.717, 1.165) is 19.3 Å². The van der Waals surface area contributed by atoms with Crippen molar-refractivity contribution < 1.29 is 14.7 Å².